The number of alkyl halides is 3. The summed E-state index contributed by atoms with van der Waals surface area (Å²) in [7, 11) is 0. The SMILES string of the molecule is OC1CCCCCCCCCCC1OCCCC(F)(F)F. The van der Waals surface area contributed by atoms with Crippen LogP contribution < -0.4 is 0 Å². The largest absolute Gasteiger partial charge is 0.390 e. The lowest BCUT2D eigenvalue weighted by Gasteiger charge is -2.24. The third kappa shape index (κ3) is 10.1. The summed E-state index contributed by atoms with van der Waals surface area (Å²) in [5.74, 6) is 0. The van der Waals surface area contributed by atoms with Crippen LogP contribution in [0.4, 0.5) is 13.2 Å². The molecular weight excluding hydrogens is 281 g/mol. The molecule has 0 aliphatic heterocycles. The van der Waals surface area contributed by atoms with E-state index in [0.717, 1.165) is 32.1 Å². The maximum atomic E-state index is 12.1. The molecule has 0 heterocycles. The van der Waals surface area contributed by atoms with E-state index in [0.29, 0.717) is 6.42 Å². The van der Waals surface area contributed by atoms with Crippen molar-refractivity contribution in [3.8, 4) is 0 Å². The van der Waals surface area contributed by atoms with Gasteiger partial charge in [0.2, 0.25) is 0 Å². The normalized spacial score (nSPS) is 26.9. The number of hydrogen-bond acceptors (Lipinski definition) is 2. The fourth-order valence-electron chi connectivity index (χ4n) is 2.84. The highest BCUT2D eigenvalue weighted by Gasteiger charge is 2.27. The Morgan fingerprint density at radius 2 is 1.38 bits per heavy atom. The van der Waals surface area contributed by atoms with E-state index in [4.69, 9.17) is 4.74 Å². The minimum absolute atomic E-state index is 0.0211. The van der Waals surface area contributed by atoms with Crippen molar-refractivity contribution in [2.24, 2.45) is 0 Å². The van der Waals surface area contributed by atoms with Gasteiger partial charge in [0, 0.05) is 13.0 Å². The molecule has 2 atom stereocenters. The summed E-state index contributed by atoms with van der Waals surface area (Å²) in [6, 6.07) is 0. The van der Waals surface area contributed by atoms with Crippen LogP contribution in [0.25, 0.3) is 0 Å². The van der Waals surface area contributed by atoms with E-state index in [2.05, 4.69) is 0 Å². The third-order valence-electron chi connectivity index (χ3n) is 4.10. The van der Waals surface area contributed by atoms with Crippen molar-refractivity contribution in [2.75, 3.05) is 6.61 Å². The molecule has 1 aliphatic carbocycles. The quantitative estimate of drug-likeness (QED) is 0.741. The maximum Gasteiger partial charge on any atom is 0.389 e. The van der Waals surface area contributed by atoms with Crippen LogP contribution in [0.1, 0.15) is 77.0 Å². The fraction of sp³-hybridized carbons (Fsp3) is 1.00. The molecule has 0 radical (unpaired) electrons. The van der Waals surface area contributed by atoms with E-state index in [9.17, 15) is 18.3 Å². The molecule has 0 aromatic carbocycles. The summed E-state index contributed by atoms with van der Waals surface area (Å²) in [5, 5.41) is 10.2. The monoisotopic (exact) mass is 310 g/mol. The lowest BCUT2D eigenvalue weighted by molar-refractivity contribution is -0.140. The molecule has 126 valence electrons. The van der Waals surface area contributed by atoms with E-state index in [1.165, 1.54) is 25.7 Å². The van der Waals surface area contributed by atoms with Gasteiger partial charge >= 0.3 is 6.18 Å². The van der Waals surface area contributed by atoms with Crippen molar-refractivity contribution in [3.05, 3.63) is 0 Å². The number of hydrogen-bond donors (Lipinski definition) is 1. The van der Waals surface area contributed by atoms with Gasteiger partial charge in [-0.15, -0.1) is 0 Å². The number of rotatable bonds is 4. The van der Waals surface area contributed by atoms with Gasteiger partial charge in [0.15, 0.2) is 0 Å². The van der Waals surface area contributed by atoms with Crippen molar-refractivity contribution in [3.63, 3.8) is 0 Å². The van der Waals surface area contributed by atoms with Crippen molar-refractivity contribution in [1.29, 1.82) is 0 Å². The summed E-state index contributed by atoms with van der Waals surface area (Å²) in [6.07, 6.45) is 4.84. The highest BCUT2D eigenvalue weighted by Crippen LogP contribution is 2.23. The molecular formula is C16H29F3O2. The van der Waals surface area contributed by atoms with Gasteiger partial charge in [-0.25, -0.2) is 0 Å². The topological polar surface area (TPSA) is 29.5 Å². The van der Waals surface area contributed by atoms with E-state index < -0.39 is 18.7 Å². The Morgan fingerprint density at radius 1 is 0.857 bits per heavy atom. The summed E-state index contributed by atoms with van der Waals surface area (Å²) in [6.45, 7) is 0.0846. The zero-order chi connectivity index (χ0) is 15.6. The Kier molecular flexibility index (Phi) is 9.32. The molecule has 21 heavy (non-hydrogen) atoms. The second-order valence-corrected chi connectivity index (χ2v) is 6.10. The highest BCUT2D eigenvalue weighted by atomic mass is 19.4. The van der Waals surface area contributed by atoms with Crippen LogP contribution in [0.15, 0.2) is 0 Å². The van der Waals surface area contributed by atoms with Gasteiger partial charge in [-0.05, 0) is 19.3 Å². The summed E-state index contributed by atoms with van der Waals surface area (Å²) in [4.78, 5) is 0. The molecule has 2 unspecified atom stereocenters. The van der Waals surface area contributed by atoms with Crippen molar-refractivity contribution in [1.82, 2.24) is 0 Å². The molecule has 1 aliphatic rings. The Balaban J connectivity index is 2.31. The van der Waals surface area contributed by atoms with Crippen molar-refractivity contribution < 1.29 is 23.0 Å². The smallest absolute Gasteiger partial charge is 0.389 e. The molecule has 0 aromatic rings. The predicted molar refractivity (Wildman–Crippen MR) is 77.2 cm³/mol. The molecule has 2 nitrogen and oxygen atoms in total. The first-order valence-electron chi connectivity index (χ1n) is 8.35. The second-order valence-electron chi connectivity index (χ2n) is 6.10. The molecule has 0 saturated heterocycles. The van der Waals surface area contributed by atoms with Gasteiger partial charge in [0.25, 0.3) is 0 Å². The summed E-state index contributed by atoms with van der Waals surface area (Å²) < 4.78 is 41.8. The minimum atomic E-state index is -4.12. The number of aliphatic hydroxyl groups excluding tert-OH is 1. The van der Waals surface area contributed by atoms with Gasteiger partial charge in [-0.2, -0.15) is 13.2 Å². The molecule has 1 N–H and O–H groups in total. The van der Waals surface area contributed by atoms with Crippen LogP contribution in [-0.2, 0) is 4.74 Å². The predicted octanol–water partition coefficient (Wildman–Crippen LogP) is 4.99. The zero-order valence-electron chi connectivity index (χ0n) is 12.8. The fourth-order valence-corrected chi connectivity index (χ4v) is 2.84. The van der Waals surface area contributed by atoms with Crippen molar-refractivity contribution in [2.45, 2.75) is 95.4 Å². The van der Waals surface area contributed by atoms with Crippen LogP contribution in [0.2, 0.25) is 0 Å². The first kappa shape index (κ1) is 18.8. The van der Waals surface area contributed by atoms with E-state index in [1.54, 1.807) is 0 Å². The Labute approximate surface area is 126 Å². The average Bonchev–Trinajstić information content (AvgIpc) is 2.40. The number of halogens is 3. The Hall–Kier alpha value is -0.290. The van der Waals surface area contributed by atoms with Crippen molar-refractivity contribution >= 4 is 0 Å². The second kappa shape index (κ2) is 10.4. The summed E-state index contributed by atoms with van der Waals surface area (Å²) >= 11 is 0. The Bertz CT molecular complexity index is 256. The van der Waals surface area contributed by atoms with Gasteiger partial charge in [0.1, 0.15) is 0 Å². The van der Waals surface area contributed by atoms with Crippen LogP contribution >= 0.6 is 0 Å². The number of aliphatic hydroxyl groups is 1. The van der Waals surface area contributed by atoms with Crippen LogP contribution in [0, 0.1) is 0 Å². The van der Waals surface area contributed by atoms with Crippen LogP contribution in [-0.4, -0.2) is 30.1 Å². The molecule has 1 fully saturated rings. The van der Waals surface area contributed by atoms with Gasteiger partial charge in [-0.3, -0.25) is 0 Å². The van der Waals surface area contributed by atoms with Gasteiger partial charge in [0.05, 0.1) is 12.2 Å². The molecule has 1 rings (SSSR count). The highest BCUT2D eigenvalue weighted by molar-refractivity contribution is 4.70. The molecule has 5 heteroatoms. The van der Waals surface area contributed by atoms with Crippen LogP contribution in [0.5, 0.6) is 0 Å². The van der Waals surface area contributed by atoms with Gasteiger partial charge in [-0.1, -0.05) is 51.4 Å². The molecule has 0 spiro atoms. The number of ether oxygens (including phenoxy) is 1. The van der Waals surface area contributed by atoms with E-state index in [1.807, 2.05) is 0 Å². The lowest BCUT2D eigenvalue weighted by atomic mass is 9.97. The van der Waals surface area contributed by atoms with Crippen LogP contribution in [0.3, 0.4) is 0 Å². The minimum Gasteiger partial charge on any atom is -0.390 e. The summed E-state index contributed by atoms with van der Waals surface area (Å²) in [5.41, 5.74) is 0. The molecule has 0 aromatic heterocycles. The Morgan fingerprint density at radius 3 is 1.95 bits per heavy atom. The van der Waals surface area contributed by atoms with E-state index >= 15 is 0 Å². The molecule has 0 bridgehead atoms. The molecule has 0 amide bonds. The standard InChI is InChI=1S/C16H29F3O2/c17-16(18,19)12-9-13-21-15-11-8-6-4-2-1-3-5-7-10-14(15)20/h14-15,20H,1-13H2. The zero-order valence-corrected chi connectivity index (χ0v) is 12.8. The average molecular weight is 310 g/mol. The third-order valence-corrected chi connectivity index (χ3v) is 4.10. The van der Waals surface area contributed by atoms with E-state index in [-0.39, 0.29) is 19.1 Å². The molecule has 1 saturated carbocycles. The first-order chi connectivity index (χ1) is 9.99. The lowest BCUT2D eigenvalue weighted by Crippen LogP contribution is -2.30. The first-order valence-corrected chi connectivity index (χ1v) is 8.35. The maximum absolute atomic E-state index is 12.1. The van der Waals surface area contributed by atoms with Gasteiger partial charge < -0.3 is 9.84 Å².